The Morgan fingerprint density at radius 2 is 2.36 bits per heavy atom. The summed E-state index contributed by atoms with van der Waals surface area (Å²) in [6, 6.07) is 0. The second-order valence-corrected chi connectivity index (χ2v) is 3.28. The molecule has 0 fully saturated rings. The lowest BCUT2D eigenvalue weighted by atomic mass is 10.1. The Balaban J connectivity index is 2.44. The van der Waals surface area contributed by atoms with E-state index in [1.807, 2.05) is 0 Å². The third-order valence-electron chi connectivity index (χ3n) is 2.35. The maximum absolute atomic E-state index is 11.6. The van der Waals surface area contributed by atoms with Gasteiger partial charge in [-0.3, -0.25) is 4.79 Å². The maximum atomic E-state index is 11.6. The minimum absolute atomic E-state index is 0.00824. The predicted octanol–water partition coefficient (Wildman–Crippen LogP) is 0.146. The first-order chi connectivity index (χ1) is 6.72. The molecule has 0 saturated heterocycles. The van der Waals surface area contributed by atoms with Crippen LogP contribution in [0.3, 0.4) is 0 Å². The van der Waals surface area contributed by atoms with Crippen LogP contribution in [0.1, 0.15) is 16.1 Å². The number of nitrogens with zero attached hydrogens (tertiary/aromatic N) is 3. The van der Waals surface area contributed by atoms with Crippen LogP contribution in [-0.2, 0) is 6.42 Å². The highest BCUT2D eigenvalue weighted by molar-refractivity contribution is 5.95. The number of carbonyl (C=O) groups is 1. The zero-order valence-electron chi connectivity index (χ0n) is 8.24. The van der Waals surface area contributed by atoms with Gasteiger partial charge in [0.2, 0.25) is 5.95 Å². The molecule has 0 atom stereocenters. The van der Waals surface area contributed by atoms with Gasteiger partial charge in [0.15, 0.2) is 0 Å². The van der Waals surface area contributed by atoms with E-state index in [1.54, 1.807) is 25.2 Å². The van der Waals surface area contributed by atoms with Gasteiger partial charge in [-0.25, -0.2) is 9.97 Å². The predicted molar refractivity (Wildman–Crippen MR) is 52.2 cm³/mol. The molecule has 14 heavy (non-hydrogen) atoms. The summed E-state index contributed by atoms with van der Waals surface area (Å²) in [5.41, 5.74) is 1.46. The van der Waals surface area contributed by atoms with Crippen LogP contribution < -0.4 is 5.32 Å². The van der Waals surface area contributed by atoms with Crippen molar-refractivity contribution in [2.45, 2.75) is 6.42 Å². The van der Waals surface area contributed by atoms with Gasteiger partial charge in [0.25, 0.3) is 5.91 Å². The van der Waals surface area contributed by atoms with Crippen molar-refractivity contribution in [1.82, 2.24) is 14.9 Å². The Morgan fingerprint density at radius 3 is 3.07 bits per heavy atom. The molecule has 1 aromatic heterocycles. The molecule has 1 aliphatic rings. The molecule has 2 heterocycles. The largest absolute Gasteiger partial charge is 0.357 e. The number of nitrogens with one attached hydrogen (secondary N) is 1. The fourth-order valence-corrected chi connectivity index (χ4v) is 1.49. The molecular weight excluding hydrogens is 180 g/mol. The molecule has 1 N–H and O–H groups in total. The second-order valence-electron chi connectivity index (χ2n) is 3.28. The minimum atomic E-state index is 0.00824. The maximum Gasteiger partial charge on any atom is 0.257 e. The van der Waals surface area contributed by atoms with E-state index < -0.39 is 0 Å². The van der Waals surface area contributed by atoms with Crippen molar-refractivity contribution in [3.8, 4) is 0 Å². The third-order valence-corrected chi connectivity index (χ3v) is 2.35. The zero-order chi connectivity index (χ0) is 10.1. The molecule has 5 heteroatoms. The highest BCUT2D eigenvalue weighted by Crippen LogP contribution is 2.15. The van der Waals surface area contributed by atoms with Gasteiger partial charge in [0.05, 0.1) is 11.3 Å². The normalized spacial score (nSPS) is 15.3. The SMILES string of the molecule is CNc1ncc2c(n1)CCN(C)C2=O. The number of fused-ring (bicyclic) bond motifs is 1. The molecule has 0 aromatic carbocycles. The number of hydrogen-bond acceptors (Lipinski definition) is 4. The average molecular weight is 192 g/mol. The summed E-state index contributed by atoms with van der Waals surface area (Å²) in [7, 11) is 3.55. The lowest BCUT2D eigenvalue weighted by molar-refractivity contribution is 0.0778. The lowest BCUT2D eigenvalue weighted by Gasteiger charge is -2.23. The molecule has 1 amide bonds. The van der Waals surface area contributed by atoms with Crippen LogP contribution in [0.2, 0.25) is 0 Å². The fraction of sp³-hybridized carbons (Fsp3) is 0.444. The Kier molecular flexibility index (Phi) is 2.07. The van der Waals surface area contributed by atoms with E-state index in [2.05, 4.69) is 15.3 Å². The van der Waals surface area contributed by atoms with Crippen LogP contribution >= 0.6 is 0 Å². The van der Waals surface area contributed by atoms with E-state index >= 15 is 0 Å². The Morgan fingerprint density at radius 1 is 1.57 bits per heavy atom. The van der Waals surface area contributed by atoms with Crippen LogP contribution in [-0.4, -0.2) is 41.4 Å². The van der Waals surface area contributed by atoms with Gasteiger partial charge in [0, 0.05) is 33.3 Å². The minimum Gasteiger partial charge on any atom is -0.357 e. The van der Waals surface area contributed by atoms with Crippen molar-refractivity contribution < 1.29 is 4.79 Å². The molecule has 0 aliphatic carbocycles. The van der Waals surface area contributed by atoms with Crippen LogP contribution in [0.25, 0.3) is 0 Å². The smallest absolute Gasteiger partial charge is 0.257 e. The van der Waals surface area contributed by atoms with E-state index in [-0.39, 0.29) is 5.91 Å². The van der Waals surface area contributed by atoms with Gasteiger partial charge in [-0.2, -0.15) is 0 Å². The number of anilines is 1. The van der Waals surface area contributed by atoms with Crippen molar-refractivity contribution in [2.75, 3.05) is 26.0 Å². The van der Waals surface area contributed by atoms with Crippen LogP contribution in [0.15, 0.2) is 6.20 Å². The monoisotopic (exact) mass is 192 g/mol. The lowest BCUT2D eigenvalue weighted by Crippen LogP contribution is -2.35. The van der Waals surface area contributed by atoms with E-state index in [9.17, 15) is 4.79 Å². The Bertz CT molecular complexity index is 377. The average Bonchev–Trinajstić information content (AvgIpc) is 2.23. The van der Waals surface area contributed by atoms with Crippen molar-refractivity contribution in [3.05, 3.63) is 17.5 Å². The molecule has 1 aromatic rings. The molecule has 0 radical (unpaired) electrons. The zero-order valence-corrected chi connectivity index (χ0v) is 8.24. The number of rotatable bonds is 1. The number of likely N-dealkylation sites (N-methyl/N-ethyl adjacent to an activating group) is 1. The van der Waals surface area contributed by atoms with Gasteiger partial charge < -0.3 is 10.2 Å². The molecule has 1 aliphatic heterocycles. The molecule has 0 bridgehead atoms. The summed E-state index contributed by atoms with van der Waals surface area (Å²) < 4.78 is 0. The highest BCUT2D eigenvalue weighted by Gasteiger charge is 2.22. The van der Waals surface area contributed by atoms with Crippen LogP contribution in [0.5, 0.6) is 0 Å². The Hall–Kier alpha value is -1.65. The van der Waals surface area contributed by atoms with E-state index in [0.717, 1.165) is 18.7 Å². The van der Waals surface area contributed by atoms with Gasteiger partial charge in [-0.15, -0.1) is 0 Å². The van der Waals surface area contributed by atoms with Gasteiger partial charge >= 0.3 is 0 Å². The molecule has 0 saturated carbocycles. The summed E-state index contributed by atoms with van der Waals surface area (Å²) in [5.74, 6) is 0.579. The summed E-state index contributed by atoms with van der Waals surface area (Å²) in [6.07, 6.45) is 2.39. The van der Waals surface area contributed by atoms with Gasteiger partial charge in [-0.05, 0) is 0 Å². The van der Waals surface area contributed by atoms with Crippen molar-refractivity contribution in [2.24, 2.45) is 0 Å². The summed E-state index contributed by atoms with van der Waals surface area (Å²) >= 11 is 0. The number of hydrogen-bond donors (Lipinski definition) is 1. The first-order valence-electron chi connectivity index (χ1n) is 4.51. The first-order valence-corrected chi connectivity index (χ1v) is 4.51. The first kappa shape index (κ1) is 8.93. The van der Waals surface area contributed by atoms with Crippen molar-refractivity contribution in [1.29, 1.82) is 0 Å². The highest BCUT2D eigenvalue weighted by atomic mass is 16.2. The number of amides is 1. The van der Waals surface area contributed by atoms with E-state index in [4.69, 9.17) is 0 Å². The standard InChI is InChI=1S/C9H12N4O/c1-10-9-11-5-6-7(12-9)3-4-13(2)8(6)14/h5H,3-4H2,1-2H3,(H,10,11,12). The summed E-state index contributed by atoms with van der Waals surface area (Å²) in [6.45, 7) is 0.728. The number of carbonyl (C=O) groups excluding carboxylic acids is 1. The molecular formula is C9H12N4O. The molecule has 0 spiro atoms. The van der Waals surface area contributed by atoms with E-state index in [1.165, 1.54) is 0 Å². The molecule has 0 unspecified atom stereocenters. The van der Waals surface area contributed by atoms with Gasteiger partial charge in [-0.1, -0.05) is 0 Å². The van der Waals surface area contributed by atoms with Crippen molar-refractivity contribution in [3.63, 3.8) is 0 Å². The van der Waals surface area contributed by atoms with E-state index in [0.29, 0.717) is 11.5 Å². The third kappa shape index (κ3) is 1.30. The number of aromatic nitrogens is 2. The fourth-order valence-electron chi connectivity index (χ4n) is 1.49. The van der Waals surface area contributed by atoms with Crippen LogP contribution in [0.4, 0.5) is 5.95 Å². The van der Waals surface area contributed by atoms with Crippen LogP contribution in [0, 0.1) is 0 Å². The van der Waals surface area contributed by atoms with Crippen molar-refractivity contribution >= 4 is 11.9 Å². The Labute approximate surface area is 82.2 Å². The quantitative estimate of drug-likeness (QED) is 0.688. The summed E-state index contributed by atoms with van der Waals surface area (Å²) in [4.78, 5) is 21.6. The molecule has 2 rings (SSSR count). The molecule has 74 valence electrons. The summed E-state index contributed by atoms with van der Waals surface area (Å²) in [5, 5.41) is 2.86. The molecule has 5 nitrogen and oxygen atoms in total. The topological polar surface area (TPSA) is 58.1 Å². The van der Waals surface area contributed by atoms with Gasteiger partial charge in [0.1, 0.15) is 0 Å². The second kappa shape index (κ2) is 3.25.